The minimum Gasteiger partial charge on any atom is -0.395 e. The quantitative estimate of drug-likeness (QED) is 0.728. The van der Waals surface area contributed by atoms with E-state index in [9.17, 15) is 13.2 Å². The van der Waals surface area contributed by atoms with Crippen LogP contribution in [0.2, 0.25) is 0 Å². The van der Waals surface area contributed by atoms with Gasteiger partial charge in [-0.1, -0.05) is 0 Å². The molecular weight excluding hydrogens is 261 g/mol. The highest BCUT2D eigenvalue weighted by molar-refractivity contribution is 4.87. The number of halogens is 3. The zero-order valence-corrected chi connectivity index (χ0v) is 11.3. The maximum Gasteiger partial charge on any atom is 0.401 e. The fraction of sp³-hybridized carbons (Fsp3) is 1.00. The molecule has 0 aromatic rings. The number of hydrogen-bond acceptors (Lipinski definition) is 4. The Bertz CT molecular complexity index is 250. The van der Waals surface area contributed by atoms with E-state index in [0.29, 0.717) is 26.3 Å². The summed E-state index contributed by atoms with van der Waals surface area (Å²) in [5, 5.41) is 12.0. The average Bonchev–Trinajstić information content (AvgIpc) is 2.28. The van der Waals surface area contributed by atoms with Gasteiger partial charge in [-0.3, -0.25) is 4.90 Å². The first-order valence-corrected chi connectivity index (χ1v) is 6.53. The van der Waals surface area contributed by atoms with Crippen molar-refractivity contribution >= 4 is 0 Å². The van der Waals surface area contributed by atoms with E-state index >= 15 is 0 Å². The molecule has 2 N–H and O–H groups in total. The van der Waals surface area contributed by atoms with Gasteiger partial charge in [-0.05, 0) is 25.3 Å². The number of aliphatic hydroxyl groups is 1. The van der Waals surface area contributed by atoms with E-state index in [-0.39, 0.29) is 18.6 Å². The second-order valence-electron chi connectivity index (χ2n) is 5.19. The van der Waals surface area contributed by atoms with Crippen molar-refractivity contribution in [1.82, 2.24) is 10.2 Å². The van der Waals surface area contributed by atoms with E-state index < -0.39 is 12.7 Å². The van der Waals surface area contributed by atoms with Crippen molar-refractivity contribution in [2.75, 3.05) is 53.0 Å². The molecule has 1 heterocycles. The molecule has 1 fully saturated rings. The largest absolute Gasteiger partial charge is 0.401 e. The van der Waals surface area contributed by atoms with Gasteiger partial charge >= 0.3 is 6.18 Å². The van der Waals surface area contributed by atoms with Gasteiger partial charge in [0.05, 0.1) is 13.2 Å². The highest BCUT2D eigenvalue weighted by atomic mass is 19.4. The van der Waals surface area contributed by atoms with Gasteiger partial charge in [0.25, 0.3) is 0 Å². The van der Waals surface area contributed by atoms with Crippen LogP contribution in [-0.2, 0) is 4.74 Å². The van der Waals surface area contributed by atoms with Gasteiger partial charge < -0.3 is 15.2 Å². The van der Waals surface area contributed by atoms with Crippen LogP contribution in [-0.4, -0.2) is 69.2 Å². The zero-order valence-electron chi connectivity index (χ0n) is 11.3. The first-order chi connectivity index (χ1) is 8.91. The van der Waals surface area contributed by atoms with Crippen LogP contribution in [0.4, 0.5) is 13.2 Å². The minimum atomic E-state index is -4.23. The van der Waals surface area contributed by atoms with Crippen LogP contribution in [0.3, 0.4) is 0 Å². The maximum absolute atomic E-state index is 12.5. The number of ether oxygens (including phenoxy) is 1. The van der Waals surface area contributed by atoms with Crippen molar-refractivity contribution < 1.29 is 23.0 Å². The lowest BCUT2D eigenvalue weighted by Gasteiger charge is -2.41. The Kier molecular flexibility index (Phi) is 6.52. The number of aliphatic hydroxyl groups excluding tert-OH is 1. The molecule has 0 aromatic carbocycles. The molecule has 0 bridgehead atoms. The molecule has 1 rings (SSSR count). The van der Waals surface area contributed by atoms with Crippen LogP contribution in [0.1, 0.15) is 12.8 Å². The molecule has 0 aromatic heterocycles. The lowest BCUT2D eigenvalue weighted by Crippen LogP contribution is -2.49. The summed E-state index contributed by atoms with van der Waals surface area (Å²) in [5.41, 5.74) is -0.201. The standard InChI is InChI=1S/C12H23F3N2O2/c1-16-8-11(2-6-19-7-3-11)9-17(4-5-18)10-12(13,14)15/h16,18H,2-10H2,1H3. The molecule has 0 atom stereocenters. The van der Waals surface area contributed by atoms with Crippen molar-refractivity contribution in [3.8, 4) is 0 Å². The first-order valence-electron chi connectivity index (χ1n) is 6.53. The predicted octanol–water partition coefficient (Wildman–Crippen LogP) is 0.859. The summed E-state index contributed by atoms with van der Waals surface area (Å²) < 4.78 is 42.9. The predicted molar refractivity (Wildman–Crippen MR) is 66.0 cm³/mol. The lowest BCUT2D eigenvalue weighted by molar-refractivity contribution is -0.152. The fourth-order valence-electron chi connectivity index (χ4n) is 2.65. The van der Waals surface area contributed by atoms with Crippen molar-refractivity contribution in [1.29, 1.82) is 0 Å². The summed E-state index contributed by atoms with van der Waals surface area (Å²) >= 11 is 0. The average molecular weight is 284 g/mol. The summed E-state index contributed by atoms with van der Waals surface area (Å²) in [7, 11) is 1.80. The Morgan fingerprint density at radius 3 is 2.42 bits per heavy atom. The minimum absolute atomic E-state index is 0.0475. The second-order valence-corrected chi connectivity index (χ2v) is 5.19. The van der Waals surface area contributed by atoms with Crippen molar-refractivity contribution in [2.45, 2.75) is 19.0 Å². The number of rotatable bonds is 7. The molecule has 0 unspecified atom stereocenters. The van der Waals surface area contributed by atoms with E-state index in [1.54, 1.807) is 7.05 Å². The molecule has 1 saturated heterocycles. The molecule has 1 aliphatic rings. The SMILES string of the molecule is CNCC1(CN(CCO)CC(F)(F)F)CCOCC1. The third-order valence-electron chi connectivity index (χ3n) is 3.48. The monoisotopic (exact) mass is 284 g/mol. The fourth-order valence-corrected chi connectivity index (χ4v) is 2.65. The Labute approximate surface area is 111 Å². The number of hydrogen-bond donors (Lipinski definition) is 2. The van der Waals surface area contributed by atoms with Gasteiger partial charge in [-0.15, -0.1) is 0 Å². The molecule has 114 valence electrons. The highest BCUT2D eigenvalue weighted by Crippen LogP contribution is 2.31. The van der Waals surface area contributed by atoms with Crippen molar-refractivity contribution in [3.63, 3.8) is 0 Å². The maximum atomic E-state index is 12.5. The van der Waals surface area contributed by atoms with Crippen molar-refractivity contribution in [2.24, 2.45) is 5.41 Å². The molecule has 4 nitrogen and oxygen atoms in total. The normalized spacial score (nSPS) is 19.9. The molecule has 0 saturated carbocycles. The lowest BCUT2D eigenvalue weighted by atomic mass is 9.79. The Morgan fingerprint density at radius 1 is 1.32 bits per heavy atom. The molecule has 7 heteroatoms. The van der Waals surface area contributed by atoms with Crippen LogP contribution in [0.25, 0.3) is 0 Å². The van der Waals surface area contributed by atoms with E-state index in [1.807, 2.05) is 0 Å². The Hall–Kier alpha value is -0.370. The van der Waals surface area contributed by atoms with Crippen LogP contribution in [0, 0.1) is 5.41 Å². The van der Waals surface area contributed by atoms with Crippen LogP contribution < -0.4 is 5.32 Å². The van der Waals surface area contributed by atoms with E-state index in [0.717, 1.165) is 12.8 Å². The summed E-state index contributed by atoms with van der Waals surface area (Å²) in [6.45, 7) is 0.975. The topological polar surface area (TPSA) is 44.7 Å². The first kappa shape index (κ1) is 16.7. The van der Waals surface area contributed by atoms with Gasteiger partial charge in [0.1, 0.15) is 0 Å². The molecule has 19 heavy (non-hydrogen) atoms. The van der Waals surface area contributed by atoms with Crippen LogP contribution in [0.15, 0.2) is 0 Å². The van der Waals surface area contributed by atoms with Crippen LogP contribution in [0.5, 0.6) is 0 Å². The summed E-state index contributed by atoms with van der Waals surface area (Å²) in [5.74, 6) is 0. The van der Waals surface area contributed by atoms with Crippen LogP contribution >= 0.6 is 0 Å². The highest BCUT2D eigenvalue weighted by Gasteiger charge is 2.37. The molecule has 0 amide bonds. The van der Waals surface area contributed by atoms with Gasteiger partial charge in [-0.25, -0.2) is 0 Å². The van der Waals surface area contributed by atoms with Gasteiger partial charge in [0.15, 0.2) is 0 Å². The second kappa shape index (κ2) is 7.42. The number of alkyl halides is 3. The van der Waals surface area contributed by atoms with Gasteiger partial charge in [0.2, 0.25) is 0 Å². The Morgan fingerprint density at radius 2 is 1.95 bits per heavy atom. The molecule has 0 spiro atoms. The van der Waals surface area contributed by atoms with E-state index in [2.05, 4.69) is 5.32 Å². The van der Waals surface area contributed by atoms with Gasteiger partial charge in [0, 0.05) is 32.8 Å². The van der Waals surface area contributed by atoms with Crippen molar-refractivity contribution in [3.05, 3.63) is 0 Å². The third-order valence-corrected chi connectivity index (χ3v) is 3.48. The summed E-state index contributed by atoms with van der Waals surface area (Å²) in [4.78, 5) is 1.29. The molecule has 1 aliphatic heterocycles. The molecular formula is C12H23F3N2O2. The van der Waals surface area contributed by atoms with E-state index in [4.69, 9.17) is 9.84 Å². The number of nitrogens with one attached hydrogen (secondary N) is 1. The zero-order chi connectivity index (χ0) is 14.4. The third kappa shape index (κ3) is 6.07. The van der Waals surface area contributed by atoms with Gasteiger partial charge in [-0.2, -0.15) is 13.2 Å². The molecule has 0 radical (unpaired) electrons. The summed E-state index contributed by atoms with van der Waals surface area (Å²) in [6, 6.07) is 0. The smallest absolute Gasteiger partial charge is 0.395 e. The summed E-state index contributed by atoms with van der Waals surface area (Å²) in [6.07, 6.45) is -2.75. The number of nitrogens with zero attached hydrogens (tertiary/aromatic N) is 1. The van der Waals surface area contributed by atoms with E-state index in [1.165, 1.54) is 4.90 Å². The Balaban J connectivity index is 2.66. The molecule has 0 aliphatic carbocycles.